The smallest absolute Gasteiger partial charge is 0.0566 e. The Kier molecular flexibility index (Phi) is 5.13. The Bertz CT molecular complexity index is 287. The first-order valence-corrected chi connectivity index (χ1v) is 5.60. The van der Waals surface area contributed by atoms with Crippen molar-refractivity contribution in [1.82, 2.24) is 0 Å². The van der Waals surface area contributed by atoms with Gasteiger partial charge in [0.15, 0.2) is 0 Å². The minimum atomic E-state index is -0.176. The van der Waals surface area contributed by atoms with Gasteiger partial charge in [-0.05, 0) is 24.3 Å². The van der Waals surface area contributed by atoms with Gasteiger partial charge in [-0.3, -0.25) is 0 Å². The van der Waals surface area contributed by atoms with E-state index in [0.717, 1.165) is 12.8 Å². The van der Waals surface area contributed by atoms with E-state index in [1.807, 2.05) is 32.0 Å². The monoisotopic (exact) mass is 204 g/mol. The molecule has 1 heteroatoms. The molecule has 0 amide bonds. The second-order valence-electron chi connectivity index (χ2n) is 4.20. The molecule has 0 aliphatic carbocycles. The molecule has 0 aromatic heterocycles. The molecule has 0 radical (unpaired) electrons. The van der Waals surface area contributed by atoms with Crippen LogP contribution in [0.2, 0.25) is 0 Å². The van der Waals surface area contributed by atoms with Gasteiger partial charge in [0.1, 0.15) is 0 Å². The van der Waals surface area contributed by atoms with E-state index in [4.69, 9.17) is 0 Å². The summed E-state index contributed by atoms with van der Waals surface area (Å²) in [5, 5.41) is 9.59. The number of aliphatic hydroxyl groups is 1. The number of rotatable bonds is 5. The van der Waals surface area contributed by atoms with Crippen molar-refractivity contribution in [3.05, 3.63) is 42.0 Å². The Balaban J connectivity index is 2.29. The number of hydrogen-bond donors (Lipinski definition) is 1. The summed E-state index contributed by atoms with van der Waals surface area (Å²) < 4.78 is 0. The Morgan fingerprint density at radius 1 is 1.20 bits per heavy atom. The third kappa shape index (κ3) is 4.80. The first-order valence-electron chi connectivity index (χ1n) is 5.60. The molecule has 0 aliphatic rings. The molecule has 1 aromatic carbocycles. The molecular formula is C14H20O. The van der Waals surface area contributed by atoms with Crippen molar-refractivity contribution in [2.75, 3.05) is 0 Å². The molecule has 1 unspecified atom stereocenters. The number of hydrogen-bond acceptors (Lipinski definition) is 1. The molecule has 0 saturated heterocycles. The van der Waals surface area contributed by atoms with Gasteiger partial charge in [-0.25, -0.2) is 0 Å². The Hall–Kier alpha value is -1.08. The van der Waals surface area contributed by atoms with E-state index >= 15 is 0 Å². The molecule has 1 nitrogen and oxygen atoms in total. The molecule has 0 heterocycles. The average molecular weight is 204 g/mol. The molecule has 0 spiro atoms. The van der Waals surface area contributed by atoms with Crippen LogP contribution in [0.3, 0.4) is 0 Å². The van der Waals surface area contributed by atoms with Gasteiger partial charge < -0.3 is 5.11 Å². The van der Waals surface area contributed by atoms with Crippen molar-refractivity contribution in [2.45, 2.75) is 32.8 Å². The second kappa shape index (κ2) is 6.41. The fraction of sp³-hybridized carbons (Fsp3) is 0.429. The second-order valence-corrected chi connectivity index (χ2v) is 4.20. The van der Waals surface area contributed by atoms with Crippen LogP contribution < -0.4 is 0 Å². The van der Waals surface area contributed by atoms with Crippen molar-refractivity contribution in [1.29, 1.82) is 0 Å². The van der Waals surface area contributed by atoms with Crippen LogP contribution in [0.25, 0.3) is 6.08 Å². The number of benzene rings is 1. The van der Waals surface area contributed by atoms with Crippen molar-refractivity contribution in [2.24, 2.45) is 5.92 Å². The highest BCUT2D eigenvalue weighted by atomic mass is 16.3. The summed E-state index contributed by atoms with van der Waals surface area (Å²) in [5.74, 6) is 0.357. The largest absolute Gasteiger partial charge is 0.393 e. The summed E-state index contributed by atoms with van der Waals surface area (Å²) in [6.45, 7) is 4.09. The maximum Gasteiger partial charge on any atom is 0.0566 e. The summed E-state index contributed by atoms with van der Waals surface area (Å²) in [6.07, 6.45) is 5.84. The van der Waals surface area contributed by atoms with Crippen molar-refractivity contribution < 1.29 is 5.11 Å². The number of allylic oxidation sites excluding steroid dienone is 1. The lowest BCUT2D eigenvalue weighted by atomic mass is 10.0. The minimum Gasteiger partial charge on any atom is -0.393 e. The molecular weight excluding hydrogens is 184 g/mol. The Labute approximate surface area is 92.5 Å². The van der Waals surface area contributed by atoms with Gasteiger partial charge in [-0.1, -0.05) is 56.3 Å². The molecule has 0 aliphatic heterocycles. The third-order valence-electron chi connectivity index (χ3n) is 2.51. The van der Waals surface area contributed by atoms with Crippen LogP contribution in [0.4, 0.5) is 0 Å². The van der Waals surface area contributed by atoms with Gasteiger partial charge in [0, 0.05) is 0 Å². The van der Waals surface area contributed by atoms with Gasteiger partial charge in [0.05, 0.1) is 6.10 Å². The molecule has 0 fully saturated rings. The highest BCUT2D eigenvalue weighted by molar-refractivity contribution is 5.48. The van der Waals surface area contributed by atoms with Crippen LogP contribution in [-0.2, 0) is 0 Å². The lowest BCUT2D eigenvalue weighted by Crippen LogP contribution is -2.13. The van der Waals surface area contributed by atoms with Crippen LogP contribution in [0, 0.1) is 5.92 Å². The average Bonchev–Trinajstić information content (AvgIpc) is 2.25. The first-order chi connectivity index (χ1) is 7.20. The molecule has 82 valence electrons. The van der Waals surface area contributed by atoms with Gasteiger partial charge in [-0.2, -0.15) is 0 Å². The maximum absolute atomic E-state index is 9.59. The predicted molar refractivity (Wildman–Crippen MR) is 65.6 cm³/mol. The summed E-state index contributed by atoms with van der Waals surface area (Å²) >= 11 is 0. The fourth-order valence-electron chi connectivity index (χ4n) is 1.38. The van der Waals surface area contributed by atoms with Crippen LogP contribution in [0.5, 0.6) is 0 Å². The van der Waals surface area contributed by atoms with Gasteiger partial charge in [-0.15, -0.1) is 0 Å². The molecule has 1 N–H and O–H groups in total. The zero-order valence-electron chi connectivity index (χ0n) is 9.56. The SMILES string of the molecule is CC(C)C(O)CCC=Cc1ccccc1. The first kappa shape index (κ1) is 12.0. The third-order valence-corrected chi connectivity index (χ3v) is 2.51. The van der Waals surface area contributed by atoms with Crippen LogP contribution >= 0.6 is 0 Å². The zero-order chi connectivity index (χ0) is 11.1. The highest BCUT2D eigenvalue weighted by Crippen LogP contribution is 2.09. The van der Waals surface area contributed by atoms with Crippen LogP contribution in [0.15, 0.2) is 36.4 Å². The van der Waals surface area contributed by atoms with Crippen molar-refractivity contribution in [3.63, 3.8) is 0 Å². The van der Waals surface area contributed by atoms with Crippen LogP contribution in [0.1, 0.15) is 32.3 Å². The zero-order valence-corrected chi connectivity index (χ0v) is 9.56. The van der Waals surface area contributed by atoms with E-state index in [1.54, 1.807) is 0 Å². The van der Waals surface area contributed by atoms with Gasteiger partial charge in [0.25, 0.3) is 0 Å². The van der Waals surface area contributed by atoms with Gasteiger partial charge in [0.2, 0.25) is 0 Å². The van der Waals surface area contributed by atoms with E-state index in [2.05, 4.69) is 24.3 Å². The molecule has 1 rings (SSSR count). The minimum absolute atomic E-state index is 0.176. The lowest BCUT2D eigenvalue weighted by Gasteiger charge is -2.12. The summed E-state index contributed by atoms with van der Waals surface area (Å²) in [5.41, 5.74) is 1.22. The normalized spacial score (nSPS) is 13.6. The quantitative estimate of drug-likeness (QED) is 0.778. The van der Waals surface area contributed by atoms with Gasteiger partial charge >= 0.3 is 0 Å². The Morgan fingerprint density at radius 2 is 1.87 bits per heavy atom. The molecule has 1 atom stereocenters. The van der Waals surface area contributed by atoms with Crippen molar-refractivity contribution in [3.8, 4) is 0 Å². The van der Waals surface area contributed by atoms with Crippen molar-refractivity contribution >= 4 is 6.08 Å². The summed E-state index contributed by atoms with van der Waals surface area (Å²) in [7, 11) is 0. The van der Waals surface area contributed by atoms with Crippen LogP contribution in [-0.4, -0.2) is 11.2 Å². The summed E-state index contributed by atoms with van der Waals surface area (Å²) in [4.78, 5) is 0. The molecule has 1 aromatic rings. The lowest BCUT2D eigenvalue weighted by molar-refractivity contribution is 0.117. The Morgan fingerprint density at radius 3 is 2.47 bits per heavy atom. The molecule has 0 bridgehead atoms. The summed E-state index contributed by atoms with van der Waals surface area (Å²) in [6, 6.07) is 10.2. The van der Waals surface area contributed by atoms with E-state index in [1.165, 1.54) is 5.56 Å². The van der Waals surface area contributed by atoms with E-state index in [9.17, 15) is 5.11 Å². The van der Waals surface area contributed by atoms with E-state index in [-0.39, 0.29) is 6.10 Å². The standard InChI is InChI=1S/C14H20O/c1-12(2)14(15)11-7-6-10-13-8-4-3-5-9-13/h3-6,8-10,12,14-15H,7,11H2,1-2H3. The van der Waals surface area contributed by atoms with E-state index in [0.29, 0.717) is 5.92 Å². The fourth-order valence-corrected chi connectivity index (χ4v) is 1.38. The predicted octanol–water partition coefficient (Wildman–Crippen LogP) is 3.50. The highest BCUT2D eigenvalue weighted by Gasteiger charge is 2.06. The molecule has 15 heavy (non-hydrogen) atoms. The van der Waals surface area contributed by atoms with E-state index < -0.39 is 0 Å². The maximum atomic E-state index is 9.59. The molecule has 0 saturated carbocycles. The topological polar surface area (TPSA) is 20.2 Å². The number of aliphatic hydroxyl groups excluding tert-OH is 1.